The quantitative estimate of drug-likeness (QED) is 0.730. The summed E-state index contributed by atoms with van der Waals surface area (Å²) in [6.07, 6.45) is 0. The number of hydrogen-bond donors (Lipinski definition) is 0. The van der Waals surface area contributed by atoms with Gasteiger partial charge in [0.25, 0.3) is 10.1 Å². The lowest BCUT2D eigenvalue weighted by atomic mass is 10.6. The molecule has 0 saturated heterocycles. The van der Waals surface area contributed by atoms with Crippen LogP contribution in [0.3, 0.4) is 0 Å². The Labute approximate surface area is 79.3 Å². The van der Waals surface area contributed by atoms with Crippen molar-refractivity contribution in [3.8, 4) is 0 Å². The van der Waals surface area contributed by atoms with Crippen molar-refractivity contribution in [2.24, 2.45) is 0 Å². The van der Waals surface area contributed by atoms with E-state index in [1.807, 2.05) is 0 Å². The summed E-state index contributed by atoms with van der Waals surface area (Å²) >= 11 is 6.77. The Hall–Kier alpha value is -0.170. The number of rotatable bonds is 3. The highest BCUT2D eigenvalue weighted by molar-refractivity contribution is 7.86. The topological polar surface area (TPSA) is 56.3 Å². The van der Waals surface area contributed by atoms with Crippen LogP contribution in [0.1, 0.15) is 4.88 Å². The maximum Gasteiger partial charge on any atom is 0.272 e. The SMILES string of the molecule is COS(=O)(=O)Cc1scnc1Cl. The molecule has 1 heterocycles. The molecule has 4 nitrogen and oxygen atoms in total. The predicted octanol–water partition coefficient (Wildman–Crippen LogP) is 1.27. The second kappa shape index (κ2) is 3.69. The summed E-state index contributed by atoms with van der Waals surface area (Å²) in [6.45, 7) is 0. The highest BCUT2D eigenvalue weighted by Gasteiger charge is 2.14. The molecule has 0 atom stereocenters. The maximum atomic E-state index is 10.9. The highest BCUT2D eigenvalue weighted by Crippen LogP contribution is 2.21. The number of halogens is 1. The molecule has 0 radical (unpaired) electrons. The molecular formula is C5H6ClNO3S2. The first-order valence-corrected chi connectivity index (χ1v) is 5.75. The van der Waals surface area contributed by atoms with E-state index in [1.165, 1.54) is 16.8 Å². The minimum atomic E-state index is -3.48. The fourth-order valence-electron chi connectivity index (χ4n) is 0.570. The molecular weight excluding hydrogens is 222 g/mol. The van der Waals surface area contributed by atoms with Crippen LogP contribution in [-0.4, -0.2) is 20.5 Å². The van der Waals surface area contributed by atoms with E-state index in [4.69, 9.17) is 11.6 Å². The van der Waals surface area contributed by atoms with Gasteiger partial charge in [-0.05, 0) is 0 Å². The first kappa shape index (κ1) is 9.91. The summed E-state index contributed by atoms with van der Waals surface area (Å²) in [6, 6.07) is 0. The van der Waals surface area contributed by atoms with Crippen LogP contribution in [0.15, 0.2) is 5.51 Å². The first-order chi connectivity index (χ1) is 5.55. The van der Waals surface area contributed by atoms with E-state index in [0.29, 0.717) is 4.88 Å². The van der Waals surface area contributed by atoms with E-state index < -0.39 is 10.1 Å². The van der Waals surface area contributed by atoms with E-state index in [0.717, 1.165) is 7.11 Å². The van der Waals surface area contributed by atoms with Crippen molar-refractivity contribution < 1.29 is 12.6 Å². The summed E-state index contributed by atoms with van der Waals surface area (Å²) in [5.74, 6) is -0.215. The van der Waals surface area contributed by atoms with E-state index in [2.05, 4.69) is 9.17 Å². The molecule has 1 aromatic heterocycles. The summed E-state index contributed by atoms with van der Waals surface area (Å²) in [7, 11) is -2.36. The van der Waals surface area contributed by atoms with Gasteiger partial charge in [-0.15, -0.1) is 11.3 Å². The Morgan fingerprint density at radius 1 is 1.75 bits per heavy atom. The van der Waals surface area contributed by atoms with Crippen LogP contribution in [0.25, 0.3) is 0 Å². The molecule has 7 heteroatoms. The Kier molecular flexibility index (Phi) is 3.05. The fraction of sp³-hybridized carbons (Fsp3) is 0.400. The summed E-state index contributed by atoms with van der Waals surface area (Å²) in [4.78, 5) is 4.20. The molecule has 0 spiro atoms. The predicted molar refractivity (Wildman–Crippen MR) is 46.8 cm³/mol. The van der Waals surface area contributed by atoms with Gasteiger partial charge in [-0.2, -0.15) is 8.42 Å². The molecule has 0 fully saturated rings. The summed E-state index contributed by atoms with van der Waals surface area (Å²) in [5.41, 5.74) is 1.49. The van der Waals surface area contributed by atoms with Crippen molar-refractivity contribution in [2.75, 3.05) is 7.11 Å². The van der Waals surface area contributed by atoms with Gasteiger partial charge in [0.1, 0.15) is 10.9 Å². The summed E-state index contributed by atoms with van der Waals surface area (Å²) in [5, 5.41) is 0.223. The van der Waals surface area contributed by atoms with E-state index in [-0.39, 0.29) is 10.9 Å². The third-order valence-electron chi connectivity index (χ3n) is 1.15. The lowest BCUT2D eigenvalue weighted by Crippen LogP contribution is -2.04. The fourth-order valence-corrected chi connectivity index (χ4v) is 2.67. The number of aromatic nitrogens is 1. The number of hydrogen-bond acceptors (Lipinski definition) is 5. The third-order valence-corrected chi connectivity index (χ3v) is 3.76. The lowest BCUT2D eigenvalue weighted by Gasteiger charge is -1.97. The van der Waals surface area contributed by atoms with Gasteiger partial charge in [-0.25, -0.2) is 4.98 Å². The minimum absolute atomic E-state index is 0.215. The van der Waals surface area contributed by atoms with Crippen LogP contribution in [-0.2, 0) is 20.1 Å². The zero-order chi connectivity index (χ0) is 9.19. The molecule has 0 unspecified atom stereocenters. The number of nitrogens with zero attached hydrogens (tertiary/aromatic N) is 1. The molecule has 0 saturated carbocycles. The molecule has 68 valence electrons. The monoisotopic (exact) mass is 227 g/mol. The Morgan fingerprint density at radius 2 is 2.42 bits per heavy atom. The standard InChI is InChI=1S/C5H6ClNO3S2/c1-10-12(8,9)2-4-5(6)7-3-11-4/h3H,2H2,1H3. The Bertz CT molecular complexity index is 359. The van der Waals surface area contributed by atoms with Gasteiger partial charge >= 0.3 is 0 Å². The van der Waals surface area contributed by atoms with Gasteiger partial charge in [-0.3, -0.25) is 4.18 Å². The minimum Gasteiger partial charge on any atom is -0.273 e. The van der Waals surface area contributed by atoms with Crippen molar-refractivity contribution in [1.29, 1.82) is 0 Å². The molecule has 1 aromatic rings. The van der Waals surface area contributed by atoms with Crippen molar-refractivity contribution in [2.45, 2.75) is 5.75 Å². The second-order valence-corrected chi connectivity index (χ2v) is 4.97. The van der Waals surface area contributed by atoms with E-state index in [9.17, 15) is 8.42 Å². The Morgan fingerprint density at radius 3 is 2.83 bits per heavy atom. The highest BCUT2D eigenvalue weighted by atomic mass is 35.5. The van der Waals surface area contributed by atoms with Crippen molar-refractivity contribution in [3.05, 3.63) is 15.5 Å². The molecule has 0 aliphatic heterocycles. The second-order valence-electron chi connectivity index (χ2n) is 1.94. The van der Waals surface area contributed by atoms with Gasteiger partial charge in [0.2, 0.25) is 0 Å². The van der Waals surface area contributed by atoms with E-state index in [1.54, 1.807) is 0 Å². The van der Waals surface area contributed by atoms with Crippen molar-refractivity contribution in [1.82, 2.24) is 4.98 Å². The third kappa shape index (κ3) is 2.41. The molecule has 1 rings (SSSR count). The maximum absolute atomic E-state index is 10.9. The van der Waals surface area contributed by atoms with Crippen molar-refractivity contribution >= 4 is 33.1 Å². The molecule has 0 amide bonds. The normalized spacial score (nSPS) is 11.8. The van der Waals surface area contributed by atoms with Crippen LogP contribution < -0.4 is 0 Å². The van der Waals surface area contributed by atoms with Crippen LogP contribution in [0.4, 0.5) is 0 Å². The van der Waals surface area contributed by atoms with Crippen LogP contribution in [0.2, 0.25) is 5.15 Å². The molecule has 0 aliphatic rings. The van der Waals surface area contributed by atoms with Gasteiger partial charge in [-0.1, -0.05) is 11.6 Å². The number of thiazole rings is 1. The zero-order valence-electron chi connectivity index (χ0n) is 6.15. The van der Waals surface area contributed by atoms with Gasteiger partial charge in [0.05, 0.1) is 17.5 Å². The zero-order valence-corrected chi connectivity index (χ0v) is 8.54. The lowest BCUT2D eigenvalue weighted by molar-refractivity contribution is 0.397. The van der Waals surface area contributed by atoms with Gasteiger partial charge < -0.3 is 0 Å². The molecule has 0 bridgehead atoms. The largest absolute Gasteiger partial charge is 0.273 e. The van der Waals surface area contributed by atoms with Gasteiger partial charge in [0, 0.05) is 0 Å². The van der Waals surface area contributed by atoms with Crippen LogP contribution in [0.5, 0.6) is 0 Å². The average Bonchev–Trinajstić information content (AvgIpc) is 2.36. The summed E-state index contributed by atoms with van der Waals surface area (Å²) < 4.78 is 26.1. The Balaban J connectivity index is 2.84. The molecule has 12 heavy (non-hydrogen) atoms. The van der Waals surface area contributed by atoms with Crippen molar-refractivity contribution in [3.63, 3.8) is 0 Å². The first-order valence-electron chi connectivity index (χ1n) is 2.91. The van der Waals surface area contributed by atoms with Crippen LogP contribution >= 0.6 is 22.9 Å². The molecule has 0 N–H and O–H groups in total. The molecule has 0 aromatic carbocycles. The molecule has 0 aliphatic carbocycles. The smallest absolute Gasteiger partial charge is 0.272 e. The average molecular weight is 228 g/mol. The van der Waals surface area contributed by atoms with Crippen LogP contribution in [0, 0.1) is 0 Å². The van der Waals surface area contributed by atoms with E-state index >= 15 is 0 Å². The van der Waals surface area contributed by atoms with Gasteiger partial charge in [0.15, 0.2) is 0 Å².